The van der Waals surface area contributed by atoms with Crippen LogP contribution >= 0.6 is 0 Å². The maximum absolute atomic E-state index is 13.0. The number of halogens is 1. The van der Waals surface area contributed by atoms with Gasteiger partial charge in [0.15, 0.2) is 5.58 Å². The lowest BCUT2D eigenvalue weighted by Gasteiger charge is -2.02. The molecule has 100 valence electrons. The van der Waals surface area contributed by atoms with E-state index in [9.17, 15) is 9.18 Å². The van der Waals surface area contributed by atoms with Crippen molar-refractivity contribution in [2.45, 2.75) is 6.54 Å². The maximum Gasteiger partial charge on any atom is 0.251 e. The van der Waals surface area contributed by atoms with E-state index in [0.717, 1.165) is 5.52 Å². The van der Waals surface area contributed by atoms with Crippen molar-refractivity contribution < 1.29 is 13.6 Å². The van der Waals surface area contributed by atoms with Gasteiger partial charge < -0.3 is 9.73 Å². The number of rotatable bonds is 3. The number of nitrogens with one attached hydrogen (secondary N) is 1. The molecular weight excluding hydrogens is 259 g/mol. The van der Waals surface area contributed by atoms with Gasteiger partial charge in [0.1, 0.15) is 11.3 Å². The first-order chi connectivity index (χ1) is 9.72. The third-order valence-electron chi connectivity index (χ3n) is 2.83. The molecule has 20 heavy (non-hydrogen) atoms. The largest absolute Gasteiger partial charge is 0.439 e. The molecule has 0 saturated carbocycles. The first-order valence-corrected chi connectivity index (χ1v) is 6.10. The predicted octanol–water partition coefficient (Wildman–Crippen LogP) is 2.90. The summed E-state index contributed by atoms with van der Waals surface area (Å²) >= 11 is 0. The van der Waals surface area contributed by atoms with Crippen LogP contribution in [0.5, 0.6) is 0 Å². The molecule has 0 aliphatic rings. The Labute approximate surface area is 114 Å². The fraction of sp³-hybridized carbons (Fsp3) is 0.0667. The van der Waals surface area contributed by atoms with E-state index in [1.165, 1.54) is 18.2 Å². The minimum atomic E-state index is -0.445. The number of para-hydroxylation sites is 2. The summed E-state index contributed by atoms with van der Waals surface area (Å²) in [6.45, 7) is 0.157. The number of benzene rings is 2. The number of fused-ring (bicyclic) bond motifs is 1. The SMILES string of the molecule is O=C(NCc1nc2ccccc2o1)c1cccc(F)c1. The molecule has 5 heteroatoms. The number of amides is 1. The van der Waals surface area contributed by atoms with Crippen molar-refractivity contribution in [3.05, 3.63) is 65.8 Å². The summed E-state index contributed by atoms with van der Waals surface area (Å²) in [7, 11) is 0. The first-order valence-electron chi connectivity index (χ1n) is 6.10. The van der Waals surface area contributed by atoms with Crippen molar-refractivity contribution in [3.63, 3.8) is 0 Å². The summed E-state index contributed by atoms with van der Waals surface area (Å²) in [5.74, 6) is -0.401. The van der Waals surface area contributed by atoms with E-state index >= 15 is 0 Å². The summed E-state index contributed by atoms with van der Waals surface area (Å²) in [5.41, 5.74) is 1.67. The molecule has 1 aromatic heterocycles. The standard InChI is InChI=1S/C15H11FN2O2/c16-11-5-3-4-10(8-11)15(19)17-9-14-18-12-6-1-2-7-13(12)20-14/h1-8H,9H2,(H,17,19). The summed E-state index contributed by atoms with van der Waals surface area (Å²) in [4.78, 5) is 16.1. The van der Waals surface area contributed by atoms with Crippen LogP contribution in [0, 0.1) is 5.82 Å². The molecule has 3 aromatic rings. The molecule has 0 aliphatic carbocycles. The average molecular weight is 270 g/mol. The fourth-order valence-electron chi connectivity index (χ4n) is 1.88. The topological polar surface area (TPSA) is 55.1 Å². The van der Waals surface area contributed by atoms with Crippen molar-refractivity contribution in [1.29, 1.82) is 0 Å². The summed E-state index contributed by atoms with van der Waals surface area (Å²) in [5, 5.41) is 2.64. The average Bonchev–Trinajstić information content (AvgIpc) is 2.87. The second-order valence-corrected chi connectivity index (χ2v) is 4.27. The zero-order valence-corrected chi connectivity index (χ0v) is 10.5. The van der Waals surface area contributed by atoms with Crippen LogP contribution in [-0.4, -0.2) is 10.9 Å². The second-order valence-electron chi connectivity index (χ2n) is 4.27. The molecule has 0 unspecified atom stereocenters. The van der Waals surface area contributed by atoms with Gasteiger partial charge in [-0.25, -0.2) is 9.37 Å². The van der Waals surface area contributed by atoms with Gasteiger partial charge in [0, 0.05) is 5.56 Å². The quantitative estimate of drug-likeness (QED) is 0.796. The first kappa shape index (κ1) is 12.3. The van der Waals surface area contributed by atoms with Gasteiger partial charge in [-0.2, -0.15) is 0 Å². The Morgan fingerprint density at radius 2 is 2.05 bits per heavy atom. The van der Waals surface area contributed by atoms with Crippen LogP contribution < -0.4 is 5.32 Å². The Kier molecular flexibility index (Phi) is 3.16. The molecule has 0 atom stereocenters. The minimum absolute atomic E-state index is 0.157. The highest BCUT2D eigenvalue weighted by atomic mass is 19.1. The molecule has 0 fully saturated rings. The molecule has 0 spiro atoms. The normalized spacial score (nSPS) is 10.7. The van der Waals surface area contributed by atoms with Gasteiger partial charge in [-0.05, 0) is 30.3 Å². The van der Waals surface area contributed by atoms with Crippen LogP contribution in [0.2, 0.25) is 0 Å². The molecular formula is C15H11FN2O2. The predicted molar refractivity (Wildman–Crippen MR) is 71.6 cm³/mol. The van der Waals surface area contributed by atoms with Gasteiger partial charge in [0.05, 0.1) is 6.54 Å². The third-order valence-corrected chi connectivity index (χ3v) is 2.83. The smallest absolute Gasteiger partial charge is 0.251 e. The van der Waals surface area contributed by atoms with Crippen LogP contribution in [0.3, 0.4) is 0 Å². The molecule has 3 rings (SSSR count). The molecule has 1 heterocycles. The summed E-state index contributed by atoms with van der Waals surface area (Å²) < 4.78 is 18.5. The van der Waals surface area contributed by atoms with Gasteiger partial charge in [0.25, 0.3) is 5.91 Å². The van der Waals surface area contributed by atoms with Gasteiger partial charge >= 0.3 is 0 Å². The lowest BCUT2D eigenvalue weighted by molar-refractivity contribution is 0.0947. The fourth-order valence-corrected chi connectivity index (χ4v) is 1.88. The van der Waals surface area contributed by atoms with Crippen molar-refractivity contribution in [1.82, 2.24) is 10.3 Å². The number of nitrogens with zero attached hydrogens (tertiary/aromatic N) is 1. The number of carbonyl (C=O) groups is 1. The number of oxazole rings is 1. The van der Waals surface area contributed by atoms with E-state index in [-0.39, 0.29) is 18.0 Å². The van der Waals surface area contributed by atoms with E-state index in [0.29, 0.717) is 11.5 Å². The molecule has 0 radical (unpaired) electrons. The summed E-state index contributed by atoms with van der Waals surface area (Å²) in [6, 6.07) is 12.9. The van der Waals surface area contributed by atoms with E-state index in [2.05, 4.69) is 10.3 Å². The van der Waals surface area contributed by atoms with E-state index in [1.54, 1.807) is 12.1 Å². The Bertz CT molecular complexity index is 734. The maximum atomic E-state index is 13.0. The Hall–Kier alpha value is -2.69. The Balaban J connectivity index is 1.71. The van der Waals surface area contributed by atoms with Crippen LogP contribution in [0.1, 0.15) is 16.2 Å². The molecule has 1 amide bonds. The zero-order chi connectivity index (χ0) is 13.9. The van der Waals surface area contributed by atoms with E-state index in [4.69, 9.17) is 4.42 Å². The van der Waals surface area contributed by atoms with Crippen LogP contribution in [-0.2, 0) is 6.54 Å². The molecule has 4 nitrogen and oxygen atoms in total. The second kappa shape index (κ2) is 5.13. The van der Waals surface area contributed by atoms with E-state index in [1.807, 2.05) is 18.2 Å². The molecule has 1 N–H and O–H groups in total. The minimum Gasteiger partial charge on any atom is -0.439 e. The van der Waals surface area contributed by atoms with Gasteiger partial charge in [-0.3, -0.25) is 4.79 Å². The number of aromatic nitrogens is 1. The third kappa shape index (κ3) is 2.51. The monoisotopic (exact) mass is 270 g/mol. The van der Waals surface area contributed by atoms with Gasteiger partial charge in [-0.15, -0.1) is 0 Å². The summed E-state index contributed by atoms with van der Waals surface area (Å²) in [6.07, 6.45) is 0. The highest BCUT2D eigenvalue weighted by molar-refractivity contribution is 5.94. The van der Waals surface area contributed by atoms with Crippen LogP contribution in [0.4, 0.5) is 4.39 Å². The van der Waals surface area contributed by atoms with Crippen molar-refractivity contribution in [2.75, 3.05) is 0 Å². The number of hydrogen-bond donors (Lipinski definition) is 1. The van der Waals surface area contributed by atoms with Crippen LogP contribution in [0.25, 0.3) is 11.1 Å². The Morgan fingerprint density at radius 1 is 1.20 bits per heavy atom. The van der Waals surface area contributed by atoms with Crippen molar-refractivity contribution in [2.24, 2.45) is 0 Å². The number of hydrogen-bond acceptors (Lipinski definition) is 3. The zero-order valence-electron chi connectivity index (χ0n) is 10.5. The molecule has 0 aliphatic heterocycles. The molecule has 0 saturated heterocycles. The highest BCUT2D eigenvalue weighted by Gasteiger charge is 2.09. The number of carbonyl (C=O) groups excluding carboxylic acids is 1. The van der Waals surface area contributed by atoms with Crippen molar-refractivity contribution in [3.8, 4) is 0 Å². The van der Waals surface area contributed by atoms with Crippen molar-refractivity contribution >= 4 is 17.0 Å². The van der Waals surface area contributed by atoms with E-state index < -0.39 is 5.82 Å². The Morgan fingerprint density at radius 3 is 2.85 bits per heavy atom. The lowest BCUT2D eigenvalue weighted by Crippen LogP contribution is -2.22. The molecule has 2 aromatic carbocycles. The van der Waals surface area contributed by atoms with Crippen LogP contribution in [0.15, 0.2) is 52.9 Å². The van der Waals surface area contributed by atoms with Gasteiger partial charge in [-0.1, -0.05) is 18.2 Å². The van der Waals surface area contributed by atoms with Gasteiger partial charge in [0.2, 0.25) is 5.89 Å². The molecule has 0 bridgehead atoms. The highest BCUT2D eigenvalue weighted by Crippen LogP contribution is 2.14. The lowest BCUT2D eigenvalue weighted by atomic mass is 10.2.